The van der Waals surface area contributed by atoms with Gasteiger partial charge in [-0.2, -0.15) is 0 Å². The number of hydrogen-bond acceptors (Lipinski definition) is 4. The van der Waals surface area contributed by atoms with Gasteiger partial charge in [-0.15, -0.1) is 0 Å². The van der Waals surface area contributed by atoms with Crippen LogP contribution in [0.3, 0.4) is 0 Å². The first kappa shape index (κ1) is 16.2. The van der Waals surface area contributed by atoms with Crippen molar-refractivity contribution < 1.29 is 14.1 Å². The fraction of sp³-hybridized carbons (Fsp3) is 0.417. The minimum Gasteiger partial charge on any atom is -0.368 e. The van der Waals surface area contributed by atoms with E-state index in [9.17, 15) is 19.3 Å². The van der Waals surface area contributed by atoms with Gasteiger partial charge in [0.25, 0.3) is 5.69 Å². The first-order chi connectivity index (χ1) is 9.36. The summed E-state index contributed by atoms with van der Waals surface area (Å²) in [6.07, 6.45) is 0.779. The van der Waals surface area contributed by atoms with Gasteiger partial charge in [0, 0.05) is 6.54 Å². The normalized spacial score (nSPS) is 11.8. The van der Waals surface area contributed by atoms with Crippen LogP contribution in [0.1, 0.15) is 20.3 Å². The third-order valence-corrected chi connectivity index (χ3v) is 2.84. The standard InChI is InChI=1S/C12H15ClFN3O3/c1-3-4-15-12(18)7(2)16-10-5-8(13)9(14)6-11(10)17(19)20/h5-7,16H,3-4H2,1-2H3,(H,15,18). The lowest BCUT2D eigenvalue weighted by molar-refractivity contribution is -0.384. The summed E-state index contributed by atoms with van der Waals surface area (Å²) in [6, 6.07) is 1.11. The summed E-state index contributed by atoms with van der Waals surface area (Å²) in [7, 11) is 0. The number of amides is 1. The van der Waals surface area contributed by atoms with Crippen LogP contribution in [0.2, 0.25) is 5.02 Å². The molecule has 0 aliphatic carbocycles. The number of carbonyl (C=O) groups excluding carboxylic acids is 1. The van der Waals surface area contributed by atoms with Crippen LogP contribution in [-0.2, 0) is 4.79 Å². The van der Waals surface area contributed by atoms with Crippen molar-refractivity contribution in [2.45, 2.75) is 26.3 Å². The largest absolute Gasteiger partial charge is 0.368 e. The maximum Gasteiger partial charge on any atom is 0.295 e. The van der Waals surface area contributed by atoms with Gasteiger partial charge in [-0.05, 0) is 19.4 Å². The monoisotopic (exact) mass is 303 g/mol. The number of rotatable bonds is 6. The minimum atomic E-state index is -0.882. The summed E-state index contributed by atoms with van der Waals surface area (Å²) in [5.41, 5.74) is -0.470. The van der Waals surface area contributed by atoms with E-state index in [1.807, 2.05) is 6.92 Å². The Bertz CT molecular complexity index is 525. The zero-order valence-electron chi connectivity index (χ0n) is 11.1. The second kappa shape index (κ2) is 7.04. The molecule has 6 nitrogen and oxygen atoms in total. The Morgan fingerprint density at radius 1 is 1.55 bits per heavy atom. The molecule has 0 saturated heterocycles. The van der Waals surface area contributed by atoms with E-state index in [1.54, 1.807) is 6.92 Å². The van der Waals surface area contributed by atoms with E-state index in [-0.39, 0.29) is 16.6 Å². The molecule has 2 N–H and O–H groups in total. The third kappa shape index (κ3) is 4.06. The number of nitrogens with one attached hydrogen (secondary N) is 2. The van der Waals surface area contributed by atoms with Gasteiger partial charge in [-0.1, -0.05) is 18.5 Å². The van der Waals surface area contributed by atoms with Crippen molar-refractivity contribution in [1.82, 2.24) is 5.32 Å². The number of hydrogen-bond donors (Lipinski definition) is 2. The molecule has 110 valence electrons. The SMILES string of the molecule is CCCNC(=O)C(C)Nc1cc(Cl)c(F)cc1[N+](=O)[O-]. The zero-order chi connectivity index (χ0) is 15.3. The van der Waals surface area contributed by atoms with Crippen LogP contribution in [0.25, 0.3) is 0 Å². The predicted octanol–water partition coefficient (Wildman–Crippen LogP) is 2.71. The van der Waals surface area contributed by atoms with E-state index < -0.39 is 22.5 Å². The van der Waals surface area contributed by atoms with E-state index in [4.69, 9.17) is 11.6 Å². The van der Waals surface area contributed by atoms with Gasteiger partial charge in [0.1, 0.15) is 17.5 Å². The second-order valence-electron chi connectivity index (χ2n) is 4.20. The highest BCUT2D eigenvalue weighted by molar-refractivity contribution is 6.31. The topological polar surface area (TPSA) is 84.3 Å². The fourth-order valence-corrected chi connectivity index (χ4v) is 1.67. The van der Waals surface area contributed by atoms with E-state index in [1.165, 1.54) is 0 Å². The first-order valence-electron chi connectivity index (χ1n) is 6.04. The number of benzene rings is 1. The smallest absolute Gasteiger partial charge is 0.295 e. The van der Waals surface area contributed by atoms with Crippen molar-refractivity contribution in [3.05, 3.63) is 33.1 Å². The second-order valence-corrected chi connectivity index (χ2v) is 4.60. The Balaban J connectivity index is 2.93. The molecule has 1 rings (SSSR count). The van der Waals surface area contributed by atoms with E-state index >= 15 is 0 Å². The molecule has 0 radical (unpaired) electrons. The highest BCUT2D eigenvalue weighted by Crippen LogP contribution is 2.30. The Labute approximate surface area is 120 Å². The van der Waals surface area contributed by atoms with E-state index in [0.29, 0.717) is 6.54 Å². The molecule has 0 aliphatic heterocycles. The highest BCUT2D eigenvalue weighted by Gasteiger charge is 2.21. The van der Waals surface area contributed by atoms with Crippen molar-refractivity contribution in [3.63, 3.8) is 0 Å². The quantitative estimate of drug-likeness (QED) is 0.625. The van der Waals surface area contributed by atoms with Crippen molar-refractivity contribution in [1.29, 1.82) is 0 Å². The molecular weight excluding hydrogens is 289 g/mol. The zero-order valence-corrected chi connectivity index (χ0v) is 11.8. The maximum absolute atomic E-state index is 13.2. The van der Waals surface area contributed by atoms with Gasteiger partial charge >= 0.3 is 0 Å². The molecule has 0 saturated carbocycles. The average Bonchev–Trinajstić information content (AvgIpc) is 2.39. The van der Waals surface area contributed by atoms with Gasteiger partial charge in [-0.25, -0.2) is 4.39 Å². The summed E-state index contributed by atoms with van der Waals surface area (Å²) >= 11 is 5.60. The van der Waals surface area contributed by atoms with Gasteiger partial charge in [-0.3, -0.25) is 14.9 Å². The van der Waals surface area contributed by atoms with Gasteiger partial charge in [0.15, 0.2) is 0 Å². The molecule has 1 atom stereocenters. The molecule has 0 aliphatic rings. The molecule has 0 aromatic heterocycles. The van der Waals surface area contributed by atoms with Crippen molar-refractivity contribution in [2.75, 3.05) is 11.9 Å². The fourth-order valence-electron chi connectivity index (χ4n) is 1.50. The molecule has 1 unspecified atom stereocenters. The van der Waals surface area contributed by atoms with Crippen LogP contribution in [0.4, 0.5) is 15.8 Å². The van der Waals surface area contributed by atoms with Gasteiger partial charge < -0.3 is 10.6 Å². The summed E-state index contributed by atoms with van der Waals surface area (Å²) in [6.45, 7) is 3.96. The summed E-state index contributed by atoms with van der Waals surface area (Å²) in [5, 5.41) is 15.9. The highest BCUT2D eigenvalue weighted by atomic mass is 35.5. The molecule has 0 fully saturated rings. The Hall–Kier alpha value is -1.89. The Morgan fingerprint density at radius 3 is 2.75 bits per heavy atom. The predicted molar refractivity (Wildman–Crippen MR) is 74.4 cm³/mol. The van der Waals surface area contributed by atoms with Crippen LogP contribution in [0, 0.1) is 15.9 Å². The Kier molecular flexibility index (Phi) is 5.69. The lowest BCUT2D eigenvalue weighted by atomic mass is 10.2. The molecule has 0 heterocycles. The third-order valence-electron chi connectivity index (χ3n) is 2.55. The van der Waals surface area contributed by atoms with Crippen LogP contribution in [0.5, 0.6) is 0 Å². The molecule has 8 heteroatoms. The molecular formula is C12H15ClFN3O3. The molecule has 0 bridgehead atoms. The number of nitrogens with zero attached hydrogens (tertiary/aromatic N) is 1. The molecule has 0 spiro atoms. The maximum atomic E-state index is 13.2. The number of nitro benzene ring substituents is 1. The number of anilines is 1. The van der Waals surface area contributed by atoms with Gasteiger partial charge in [0.05, 0.1) is 16.0 Å². The van der Waals surface area contributed by atoms with Crippen LogP contribution in [0.15, 0.2) is 12.1 Å². The molecule has 1 amide bonds. The lowest BCUT2D eigenvalue weighted by Gasteiger charge is -2.15. The Morgan fingerprint density at radius 2 is 2.20 bits per heavy atom. The minimum absolute atomic E-state index is 0.000508. The molecule has 20 heavy (non-hydrogen) atoms. The summed E-state index contributed by atoms with van der Waals surface area (Å²) in [4.78, 5) is 21.8. The number of nitro groups is 1. The summed E-state index contributed by atoms with van der Waals surface area (Å²) in [5.74, 6) is -1.19. The van der Waals surface area contributed by atoms with Gasteiger partial charge in [0.2, 0.25) is 5.91 Å². The molecule has 1 aromatic rings. The lowest BCUT2D eigenvalue weighted by Crippen LogP contribution is -2.38. The number of halogens is 2. The first-order valence-corrected chi connectivity index (χ1v) is 6.42. The van der Waals surface area contributed by atoms with Crippen molar-refractivity contribution in [3.8, 4) is 0 Å². The van der Waals surface area contributed by atoms with Crippen LogP contribution >= 0.6 is 11.6 Å². The summed E-state index contributed by atoms with van der Waals surface area (Å²) < 4.78 is 13.2. The average molecular weight is 304 g/mol. The van der Waals surface area contributed by atoms with E-state index in [0.717, 1.165) is 18.6 Å². The van der Waals surface area contributed by atoms with E-state index in [2.05, 4.69) is 10.6 Å². The van der Waals surface area contributed by atoms with Crippen LogP contribution < -0.4 is 10.6 Å². The van der Waals surface area contributed by atoms with Crippen molar-refractivity contribution >= 4 is 28.9 Å². The van der Waals surface area contributed by atoms with Crippen LogP contribution in [-0.4, -0.2) is 23.4 Å². The van der Waals surface area contributed by atoms with Crippen molar-refractivity contribution in [2.24, 2.45) is 0 Å². The molecule has 1 aromatic carbocycles. The number of carbonyl (C=O) groups is 1.